The van der Waals surface area contributed by atoms with Crippen molar-refractivity contribution in [3.05, 3.63) is 66.2 Å². The van der Waals surface area contributed by atoms with Gasteiger partial charge in [0.15, 0.2) is 0 Å². The van der Waals surface area contributed by atoms with Crippen molar-refractivity contribution >= 4 is 17.5 Å². The lowest BCUT2D eigenvalue weighted by molar-refractivity contribution is -0.159. The van der Waals surface area contributed by atoms with Crippen molar-refractivity contribution in [1.29, 1.82) is 0 Å². The van der Waals surface area contributed by atoms with Crippen LogP contribution in [0, 0.1) is 23.7 Å². The normalized spacial score (nSPS) is 36.4. The molecule has 2 heterocycles. The van der Waals surface area contributed by atoms with Gasteiger partial charge in [0.25, 0.3) is 0 Å². The molecule has 30 heavy (non-hydrogen) atoms. The van der Waals surface area contributed by atoms with Gasteiger partial charge < -0.3 is 20.1 Å². The van der Waals surface area contributed by atoms with Gasteiger partial charge in [-0.15, -0.1) is 0 Å². The standard InChI is InChI=1S/C24H24N2O4/c27-20-15-12-16-19-18(15)23(29)26(24(19)30-21(16)20)17(11-13-7-3-1-4-8-13)22(28)25-14-9-5-2-6-10-14/h1-10,15-21,24,27H,11-12H2,(H,25,28). The van der Waals surface area contributed by atoms with Crippen LogP contribution in [0.5, 0.6) is 0 Å². The number of likely N-dealkylation sites (tertiary alicyclic amines) is 1. The molecule has 0 radical (unpaired) electrons. The maximum absolute atomic E-state index is 13.5. The topological polar surface area (TPSA) is 78.9 Å². The summed E-state index contributed by atoms with van der Waals surface area (Å²) in [4.78, 5) is 28.6. The maximum atomic E-state index is 13.5. The Morgan fingerprint density at radius 1 is 1.10 bits per heavy atom. The molecule has 2 bridgehead atoms. The van der Waals surface area contributed by atoms with E-state index in [1.165, 1.54) is 0 Å². The monoisotopic (exact) mass is 404 g/mol. The number of nitrogens with one attached hydrogen (secondary N) is 1. The minimum Gasteiger partial charge on any atom is -0.390 e. The summed E-state index contributed by atoms with van der Waals surface area (Å²) in [5.41, 5.74) is 1.70. The van der Waals surface area contributed by atoms with E-state index in [1.807, 2.05) is 60.7 Å². The number of hydrogen-bond acceptors (Lipinski definition) is 4. The molecular formula is C24H24N2O4. The van der Waals surface area contributed by atoms with Gasteiger partial charge in [-0.1, -0.05) is 48.5 Å². The number of anilines is 1. The zero-order valence-corrected chi connectivity index (χ0v) is 16.4. The van der Waals surface area contributed by atoms with Gasteiger partial charge in [0, 0.05) is 18.0 Å². The molecule has 6 rings (SSSR count). The molecule has 154 valence electrons. The fourth-order valence-electron chi connectivity index (χ4n) is 6.32. The Morgan fingerprint density at radius 3 is 2.53 bits per heavy atom. The number of rotatable bonds is 5. The lowest BCUT2D eigenvalue weighted by Crippen LogP contribution is -2.53. The number of hydrogen-bond donors (Lipinski definition) is 2. The molecule has 2 aliphatic carbocycles. The van der Waals surface area contributed by atoms with E-state index in [1.54, 1.807) is 4.90 Å². The van der Waals surface area contributed by atoms with E-state index in [2.05, 4.69) is 5.32 Å². The minimum atomic E-state index is -0.661. The number of fused-ring (bicyclic) bond motifs is 2. The Labute approximate surface area is 174 Å². The van der Waals surface area contributed by atoms with Gasteiger partial charge in [0.2, 0.25) is 11.8 Å². The largest absolute Gasteiger partial charge is 0.390 e. The number of aliphatic hydroxyl groups excluding tert-OH is 1. The second-order valence-electron chi connectivity index (χ2n) is 8.95. The van der Waals surface area contributed by atoms with Gasteiger partial charge in [-0.05, 0) is 36.0 Å². The number of ether oxygens (including phenoxy) is 1. The third kappa shape index (κ3) is 2.50. The van der Waals surface area contributed by atoms with Crippen molar-refractivity contribution in [3.63, 3.8) is 0 Å². The lowest BCUT2D eigenvalue weighted by atomic mass is 9.80. The first-order valence-electron chi connectivity index (χ1n) is 10.7. The maximum Gasteiger partial charge on any atom is 0.247 e. The molecular weight excluding hydrogens is 380 g/mol. The number of aliphatic hydroxyl groups is 1. The molecule has 8 atom stereocenters. The highest BCUT2D eigenvalue weighted by molar-refractivity contribution is 5.98. The predicted molar refractivity (Wildman–Crippen MR) is 109 cm³/mol. The average molecular weight is 404 g/mol. The van der Waals surface area contributed by atoms with Gasteiger partial charge in [0.1, 0.15) is 12.3 Å². The number of nitrogens with zero attached hydrogens (tertiary/aromatic N) is 1. The average Bonchev–Trinajstić information content (AvgIpc) is 3.45. The predicted octanol–water partition coefficient (Wildman–Crippen LogP) is 2.05. The van der Waals surface area contributed by atoms with E-state index in [4.69, 9.17) is 4.74 Å². The Balaban J connectivity index is 1.34. The molecule has 6 heteroatoms. The molecule has 2 N–H and O–H groups in total. The second kappa shape index (κ2) is 6.65. The number of para-hydroxylation sites is 1. The number of carbonyl (C=O) groups excluding carboxylic acids is 2. The van der Waals surface area contributed by atoms with Gasteiger partial charge >= 0.3 is 0 Å². The Morgan fingerprint density at radius 2 is 1.80 bits per heavy atom. The summed E-state index contributed by atoms with van der Waals surface area (Å²) in [6.45, 7) is 0. The van der Waals surface area contributed by atoms with E-state index in [9.17, 15) is 14.7 Å². The molecule has 2 amide bonds. The van der Waals surface area contributed by atoms with Crippen molar-refractivity contribution in [2.45, 2.75) is 37.3 Å². The summed E-state index contributed by atoms with van der Waals surface area (Å²) in [6, 6.07) is 18.4. The highest BCUT2D eigenvalue weighted by Gasteiger charge is 2.73. The summed E-state index contributed by atoms with van der Waals surface area (Å²) in [7, 11) is 0. The van der Waals surface area contributed by atoms with Crippen LogP contribution in [-0.4, -0.2) is 46.3 Å². The molecule has 2 aliphatic heterocycles. The Hall–Kier alpha value is -2.70. The molecule has 0 spiro atoms. The smallest absolute Gasteiger partial charge is 0.247 e. The molecule has 2 aromatic rings. The van der Waals surface area contributed by atoms with E-state index in [-0.39, 0.29) is 41.6 Å². The SMILES string of the molecule is O=C(Nc1ccccc1)C(Cc1ccccc1)N1C(=O)C2C3CC4C(OC1C42)C3O. The van der Waals surface area contributed by atoms with Crippen LogP contribution in [0.3, 0.4) is 0 Å². The van der Waals surface area contributed by atoms with E-state index < -0.39 is 18.4 Å². The molecule has 4 aliphatic rings. The van der Waals surface area contributed by atoms with E-state index in [0.29, 0.717) is 12.1 Å². The van der Waals surface area contributed by atoms with Crippen LogP contribution in [0.4, 0.5) is 5.69 Å². The van der Waals surface area contributed by atoms with E-state index >= 15 is 0 Å². The second-order valence-corrected chi connectivity index (χ2v) is 8.95. The first-order valence-corrected chi connectivity index (χ1v) is 10.7. The molecule has 8 unspecified atom stereocenters. The fraction of sp³-hybridized carbons (Fsp3) is 0.417. The van der Waals surface area contributed by atoms with Crippen molar-refractivity contribution in [3.8, 4) is 0 Å². The van der Waals surface area contributed by atoms with Crippen LogP contribution < -0.4 is 5.32 Å². The summed E-state index contributed by atoms with van der Waals surface area (Å²) in [5.74, 6) is -0.195. The lowest BCUT2D eigenvalue weighted by Gasteiger charge is -2.34. The van der Waals surface area contributed by atoms with Crippen LogP contribution >= 0.6 is 0 Å². The first kappa shape index (κ1) is 18.1. The third-order valence-electron chi connectivity index (χ3n) is 7.50. The molecule has 0 aromatic heterocycles. The van der Waals surface area contributed by atoms with Crippen LogP contribution in [-0.2, 0) is 20.7 Å². The quantitative estimate of drug-likeness (QED) is 0.800. The Kier molecular flexibility index (Phi) is 4.01. The number of benzene rings is 2. The summed E-state index contributed by atoms with van der Waals surface area (Å²) in [6.07, 6.45) is 0.101. The highest BCUT2D eigenvalue weighted by atomic mass is 16.5. The third-order valence-corrected chi connectivity index (χ3v) is 7.50. The first-order chi connectivity index (χ1) is 14.6. The van der Waals surface area contributed by atoms with Gasteiger partial charge in [-0.2, -0.15) is 0 Å². The van der Waals surface area contributed by atoms with Crippen molar-refractivity contribution in [2.24, 2.45) is 23.7 Å². The van der Waals surface area contributed by atoms with Gasteiger partial charge in [0.05, 0.1) is 18.1 Å². The van der Waals surface area contributed by atoms with Crippen LogP contribution in [0.15, 0.2) is 60.7 Å². The number of amides is 2. The molecule has 2 saturated heterocycles. The fourth-order valence-corrected chi connectivity index (χ4v) is 6.32. The summed E-state index contributed by atoms with van der Waals surface area (Å²) in [5, 5.41) is 13.5. The van der Waals surface area contributed by atoms with E-state index in [0.717, 1.165) is 12.0 Å². The molecule has 4 fully saturated rings. The van der Waals surface area contributed by atoms with Gasteiger partial charge in [-0.3, -0.25) is 9.59 Å². The molecule has 6 nitrogen and oxygen atoms in total. The summed E-state index contributed by atoms with van der Waals surface area (Å²) < 4.78 is 6.22. The minimum absolute atomic E-state index is 0.0398. The van der Waals surface area contributed by atoms with Crippen molar-refractivity contribution in [2.75, 3.05) is 5.32 Å². The number of carbonyl (C=O) groups is 2. The van der Waals surface area contributed by atoms with Gasteiger partial charge in [-0.25, -0.2) is 0 Å². The van der Waals surface area contributed by atoms with Crippen molar-refractivity contribution < 1.29 is 19.4 Å². The summed E-state index contributed by atoms with van der Waals surface area (Å²) >= 11 is 0. The van der Waals surface area contributed by atoms with Crippen LogP contribution in [0.25, 0.3) is 0 Å². The van der Waals surface area contributed by atoms with Crippen LogP contribution in [0.2, 0.25) is 0 Å². The highest BCUT2D eigenvalue weighted by Crippen LogP contribution is 2.63. The zero-order chi connectivity index (χ0) is 20.4. The molecule has 2 saturated carbocycles. The van der Waals surface area contributed by atoms with Crippen LogP contribution in [0.1, 0.15) is 12.0 Å². The zero-order valence-electron chi connectivity index (χ0n) is 16.4. The molecule has 2 aromatic carbocycles. The van der Waals surface area contributed by atoms with Crippen molar-refractivity contribution in [1.82, 2.24) is 4.90 Å². The Bertz CT molecular complexity index is 981.